The Morgan fingerprint density at radius 1 is 1.08 bits per heavy atom. The van der Waals surface area contributed by atoms with Crippen LogP contribution in [-0.4, -0.2) is 67.4 Å². The third kappa shape index (κ3) is 10.00. The number of amides is 1. The summed E-state index contributed by atoms with van der Waals surface area (Å²) in [5, 5.41) is 20.4. The molecule has 8 heteroatoms. The first-order chi connectivity index (χ1) is 17.2. The van der Waals surface area contributed by atoms with Crippen LogP contribution in [0.1, 0.15) is 48.5 Å². The lowest BCUT2D eigenvalue weighted by Crippen LogP contribution is -2.36. The molecule has 2 aromatic rings. The number of methoxy groups -OCH3 is 1. The van der Waals surface area contributed by atoms with Crippen molar-refractivity contribution in [2.24, 2.45) is 5.92 Å². The first kappa shape index (κ1) is 28.7. The number of nitrogens with zero attached hydrogens (tertiary/aromatic N) is 1. The molecule has 0 bridgehead atoms. The fourth-order valence-electron chi connectivity index (χ4n) is 3.73. The number of benzene rings is 2. The normalized spacial score (nSPS) is 17.2. The number of carboxylic acids is 1. The Hall–Kier alpha value is -3.52. The number of carboxylic acid groups (broad SMARTS) is 1. The molecule has 196 valence electrons. The maximum absolute atomic E-state index is 12.1. The summed E-state index contributed by atoms with van der Waals surface area (Å²) in [5.74, 6) is 0.826. The van der Waals surface area contributed by atoms with E-state index in [9.17, 15) is 9.59 Å². The number of rotatable bonds is 9. The first-order valence-corrected chi connectivity index (χ1v) is 12.1. The number of para-hydroxylation sites is 1. The van der Waals surface area contributed by atoms with Crippen LogP contribution in [0, 0.1) is 5.92 Å². The third-order valence-electron chi connectivity index (χ3n) is 5.91. The summed E-state index contributed by atoms with van der Waals surface area (Å²) in [6.07, 6.45) is 7.95. The highest BCUT2D eigenvalue weighted by Crippen LogP contribution is 2.28. The van der Waals surface area contributed by atoms with Crippen molar-refractivity contribution in [2.75, 3.05) is 34.4 Å². The lowest BCUT2D eigenvalue weighted by molar-refractivity contribution is -0.117. The molecular formula is C28H38N2O6. The zero-order chi connectivity index (χ0) is 26.5. The van der Waals surface area contributed by atoms with Crippen LogP contribution in [0.4, 0.5) is 0 Å². The van der Waals surface area contributed by atoms with Crippen LogP contribution in [0.15, 0.2) is 48.5 Å². The lowest BCUT2D eigenvalue weighted by atomic mass is 9.87. The van der Waals surface area contributed by atoms with Crippen molar-refractivity contribution < 1.29 is 29.3 Å². The SMILES string of the molecule is COc1cc(C=CC(=O)N[C@H]2CC[C@H](C)CC2)ccc1OCCN(C)C.O=C(O)c1ccccc1O. The van der Waals surface area contributed by atoms with Crippen LogP contribution >= 0.6 is 0 Å². The Kier molecular flexibility index (Phi) is 11.8. The number of hydrogen-bond donors (Lipinski definition) is 3. The zero-order valence-electron chi connectivity index (χ0n) is 21.6. The van der Waals surface area contributed by atoms with Crippen LogP contribution in [0.25, 0.3) is 6.08 Å². The van der Waals surface area contributed by atoms with Gasteiger partial charge in [0, 0.05) is 18.7 Å². The quantitative estimate of drug-likeness (QED) is 0.439. The van der Waals surface area contributed by atoms with Crippen LogP contribution in [0.2, 0.25) is 0 Å². The average Bonchev–Trinajstić information content (AvgIpc) is 2.85. The van der Waals surface area contributed by atoms with Crippen LogP contribution in [0.5, 0.6) is 17.2 Å². The second-order valence-electron chi connectivity index (χ2n) is 9.18. The van der Waals surface area contributed by atoms with Gasteiger partial charge in [-0.05, 0) is 81.6 Å². The van der Waals surface area contributed by atoms with E-state index in [0.717, 1.165) is 30.9 Å². The molecule has 1 aliphatic rings. The summed E-state index contributed by atoms with van der Waals surface area (Å²) in [5.41, 5.74) is 0.844. The highest BCUT2D eigenvalue weighted by molar-refractivity contribution is 5.92. The predicted octanol–water partition coefficient (Wildman–Crippen LogP) is 4.43. The van der Waals surface area contributed by atoms with Crippen molar-refractivity contribution >= 4 is 18.0 Å². The minimum Gasteiger partial charge on any atom is -0.507 e. The second-order valence-corrected chi connectivity index (χ2v) is 9.18. The molecule has 3 N–H and O–H groups in total. The molecule has 0 radical (unpaired) electrons. The number of phenols is 1. The predicted molar refractivity (Wildman–Crippen MR) is 141 cm³/mol. The number of hydrogen-bond acceptors (Lipinski definition) is 6. The highest BCUT2D eigenvalue weighted by Gasteiger charge is 2.18. The summed E-state index contributed by atoms with van der Waals surface area (Å²) < 4.78 is 11.2. The number of aromatic hydroxyl groups is 1. The summed E-state index contributed by atoms with van der Waals surface area (Å²) in [4.78, 5) is 24.5. The number of carbonyl (C=O) groups is 2. The fraction of sp³-hybridized carbons (Fsp3) is 0.429. The molecule has 0 aromatic heterocycles. The van der Waals surface area contributed by atoms with Crippen molar-refractivity contribution in [1.29, 1.82) is 0 Å². The largest absolute Gasteiger partial charge is 0.507 e. The maximum atomic E-state index is 12.1. The molecule has 3 rings (SSSR count). The van der Waals surface area contributed by atoms with Gasteiger partial charge in [-0.25, -0.2) is 4.79 Å². The molecule has 1 saturated carbocycles. The minimum absolute atomic E-state index is 0.0326. The maximum Gasteiger partial charge on any atom is 0.339 e. The Bertz CT molecular complexity index is 1010. The molecule has 0 heterocycles. The summed E-state index contributed by atoms with van der Waals surface area (Å²) in [6, 6.07) is 11.8. The van der Waals surface area contributed by atoms with Gasteiger partial charge < -0.3 is 29.9 Å². The number of nitrogens with one attached hydrogen (secondary N) is 1. The summed E-state index contributed by atoms with van der Waals surface area (Å²) in [6.45, 7) is 3.71. The van der Waals surface area contributed by atoms with Gasteiger partial charge in [0.05, 0.1) is 7.11 Å². The number of likely N-dealkylation sites (N-methyl/N-ethyl adjacent to an activating group) is 1. The average molecular weight is 499 g/mol. The molecular weight excluding hydrogens is 460 g/mol. The Labute approximate surface area is 213 Å². The molecule has 1 fully saturated rings. The third-order valence-corrected chi connectivity index (χ3v) is 5.91. The van der Waals surface area contributed by atoms with Gasteiger partial charge in [-0.15, -0.1) is 0 Å². The van der Waals surface area contributed by atoms with Crippen molar-refractivity contribution in [3.05, 3.63) is 59.7 Å². The Morgan fingerprint density at radius 3 is 2.36 bits per heavy atom. The van der Waals surface area contributed by atoms with E-state index >= 15 is 0 Å². The molecule has 2 aromatic carbocycles. The van der Waals surface area contributed by atoms with Gasteiger partial charge in [-0.3, -0.25) is 4.79 Å². The van der Waals surface area contributed by atoms with E-state index in [-0.39, 0.29) is 17.2 Å². The van der Waals surface area contributed by atoms with Gasteiger partial charge in [-0.2, -0.15) is 0 Å². The molecule has 0 spiro atoms. The number of aromatic carboxylic acids is 1. The van der Waals surface area contributed by atoms with Gasteiger partial charge in [0.1, 0.15) is 17.9 Å². The molecule has 0 atom stereocenters. The zero-order valence-corrected chi connectivity index (χ0v) is 21.6. The van der Waals surface area contributed by atoms with Gasteiger partial charge in [0.25, 0.3) is 0 Å². The van der Waals surface area contributed by atoms with Gasteiger partial charge in [-0.1, -0.05) is 25.1 Å². The molecule has 1 amide bonds. The standard InChI is InChI=1S/C21H32N2O3.C7H6O3/c1-16-5-9-18(10-6-16)22-21(24)12-8-17-7-11-19(20(15-17)25-4)26-14-13-23(2)3;8-6-4-2-1-3-5(6)7(9)10/h7-8,11-12,15-16,18H,5-6,9-10,13-14H2,1-4H3,(H,22,24);1-4,8H,(H,9,10)/t16-,18-;. The minimum atomic E-state index is -1.11. The molecule has 8 nitrogen and oxygen atoms in total. The van der Waals surface area contributed by atoms with Crippen LogP contribution < -0.4 is 14.8 Å². The topological polar surface area (TPSA) is 108 Å². The molecule has 36 heavy (non-hydrogen) atoms. The Balaban J connectivity index is 0.000000380. The van der Waals surface area contributed by atoms with E-state index in [1.165, 1.54) is 25.0 Å². The van der Waals surface area contributed by atoms with Crippen molar-refractivity contribution in [3.63, 3.8) is 0 Å². The summed E-state index contributed by atoms with van der Waals surface area (Å²) >= 11 is 0. The number of ether oxygens (including phenoxy) is 2. The van der Waals surface area contributed by atoms with Gasteiger partial charge in [0.15, 0.2) is 11.5 Å². The fourth-order valence-corrected chi connectivity index (χ4v) is 3.73. The first-order valence-electron chi connectivity index (χ1n) is 12.1. The van der Waals surface area contributed by atoms with Crippen LogP contribution in [-0.2, 0) is 4.79 Å². The summed E-state index contributed by atoms with van der Waals surface area (Å²) in [7, 11) is 5.64. The monoisotopic (exact) mass is 498 g/mol. The Morgan fingerprint density at radius 2 is 1.78 bits per heavy atom. The number of carbonyl (C=O) groups excluding carboxylic acids is 1. The van der Waals surface area contributed by atoms with Crippen LogP contribution in [0.3, 0.4) is 0 Å². The molecule has 0 saturated heterocycles. The van der Waals surface area contributed by atoms with Crippen molar-refractivity contribution in [1.82, 2.24) is 10.2 Å². The lowest BCUT2D eigenvalue weighted by Gasteiger charge is -2.26. The second kappa shape index (κ2) is 14.8. The molecule has 0 unspecified atom stereocenters. The highest BCUT2D eigenvalue weighted by atomic mass is 16.5. The van der Waals surface area contributed by atoms with E-state index in [2.05, 4.69) is 17.1 Å². The van der Waals surface area contributed by atoms with E-state index in [1.54, 1.807) is 25.3 Å². The van der Waals surface area contributed by atoms with E-state index < -0.39 is 5.97 Å². The van der Waals surface area contributed by atoms with Gasteiger partial charge >= 0.3 is 5.97 Å². The van der Waals surface area contributed by atoms with E-state index in [1.807, 2.05) is 38.4 Å². The van der Waals surface area contributed by atoms with E-state index in [4.69, 9.17) is 19.7 Å². The van der Waals surface area contributed by atoms with Gasteiger partial charge in [0.2, 0.25) is 5.91 Å². The molecule has 0 aliphatic heterocycles. The van der Waals surface area contributed by atoms with Crippen molar-refractivity contribution in [2.45, 2.75) is 38.6 Å². The van der Waals surface area contributed by atoms with Crippen molar-refractivity contribution in [3.8, 4) is 17.2 Å². The smallest absolute Gasteiger partial charge is 0.339 e. The molecule has 1 aliphatic carbocycles. The van der Waals surface area contributed by atoms with E-state index in [0.29, 0.717) is 24.1 Å².